The van der Waals surface area contributed by atoms with Crippen molar-refractivity contribution < 1.29 is 4.74 Å². The summed E-state index contributed by atoms with van der Waals surface area (Å²) in [6.45, 7) is 7.44. The largest absolute Gasteiger partial charge is 0.380 e. The Morgan fingerprint density at radius 1 is 1.29 bits per heavy atom. The van der Waals surface area contributed by atoms with Crippen LogP contribution >= 0.6 is 11.6 Å². The Labute approximate surface area is 107 Å². The molecule has 1 aromatic rings. The number of aromatic nitrogens is 2. The summed E-state index contributed by atoms with van der Waals surface area (Å²) in [4.78, 5) is 11.1. The van der Waals surface area contributed by atoms with Gasteiger partial charge in [-0.05, 0) is 13.3 Å². The lowest BCUT2D eigenvalue weighted by atomic mass is 10.3. The predicted molar refractivity (Wildman–Crippen MR) is 68.8 cm³/mol. The third kappa shape index (κ3) is 2.87. The highest BCUT2D eigenvalue weighted by Gasteiger charge is 2.16. The molecule has 2 heterocycles. The van der Waals surface area contributed by atoms with Crippen LogP contribution in [0.5, 0.6) is 0 Å². The van der Waals surface area contributed by atoms with Gasteiger partial charge in [0, 0.05) is 31.7 Å². The minimum absolute atomic E-state index is 0.567. The number of rotatable bonds is 2. The van der Waals surface area contributed by atoms with Crippen LogP contribution in [0.25, 0.3) is 0 Å². The summed E-state index contributed by atoms with van der Waals surface area (Å²) in [5.74, 6) is 1.77. The third-order valence-electron chi connectivity index (χ3n) is 2.95. The minimum Gasteiger partial charge on any atom is -0.380 e. The summed E-state index contributed by atoms with van der Waals surface area (Å²) < 4.78 is 5.45. The van der Waals surface area contributed by atoms with E-state index in [9.17, 15) is 0 Å². The lowest BCUT2D eigenvalue weighted by Gasteiger charge is -2.23. The number of hydrogen-bond acceptors (Lipinski definition) is 4. The highest BCUT2D eigenvalue weighted by Crippen LogP contribution is 2.24. The molecule has 2 rings (SSSR count). The van der Waals surface area contributed by atoms with Crippen LogP contribution in [-0.4, -0.2) is 36.3 Å². The van der Waals surface area contributed by atoms with Crippen LogP contribution in [0.4, 0.5) is 5.82 Å². The number of aryl methyl sites for hydroxylation is 1. The average Bonchev–Trinajstić information content (AvgIpc) is 2.61. The van der Waals surface area contributed by atoms with Crippen molar-refractivity contribution in [1.29, 1.82) is 0 Å². The summed E-state index contributed by atoms with van der Waals surface area (Å²) >= 11 is 6.15. The van der Waals surface area contributed by atoms with Crippen molar-refractivity contribution in [2.45, 2.75) is 26.7 Å². The molecule has 0 aliphatic carbocycles. The van der Waals surface area contributed by atoms with Crippen molar-refractivity contribution in [2.75, 3.05) is 31.2 Å². The monoisotopic (exact) mass is 255 g/mol. The summed E-state index contributed by atoms with van der Waals surface area (Å²) in [6, 6.07) is 0. The molecule has 0 bridgehead atoms. The topological polar surface area (TPSA) is 38.2 Å². The van der Waals surface area contributed by atoms with E-state index in [1.807, 2.05) is 13.8 Å². The van der Waals surface area contributed by atoms with Gasteiger partial charge in [0.2, 0.25) is 0 Å². The normalized spacial score (nSPS) is 17.0. The average molecular weight is 256 g/mol. The van der Waals surface area contributed by atoms with Crippen LogP contribution in [0.1, 0.15) is 24.7 Å². The maximum Gasteiger partial charge on any atom is 0.137 e. The van der Waals surface area contributed by atoms with Crippen LogP contribution in [0.3, 0.4) is 0 Å². The zero-order valence-corrected chi connectivity index (χ0v) is 11.1. The van der Waals surface area contributed by atoms with Gasteiger partial charge >= 0.3 is 0 Å². The molecule has 0 unspecified atom stereocenters. The van der Waals surface area contributed by atoms with E-state index < -0.39 is 0 Å². The number of anilines is 1. The first kappa shape index (κ1) is 12.6. The van der Waals surface area contributed by atoms with Crippen LogP contribution in [0.2, 0.25) is 5.15 Å². The molecule has 0 radical (unpaired) electrons. The summed E-state index contributed by atoms with van der Waals surface area (Å²) in [5.41, 5.74) is 0.964. The zero-order chi connectivity index (χ0) is 12.3. The molecule has 0 atom stereocenters. The van der Waals surface area contributed by atoms with E-state index in [0.717, 1.165) is 56.4 Å². The fraction of sp³-hybridized carbons (Fsp3) is 0.667. The molecule has 94 valence electrons. The van der Waals surface area contributed by atoms with Crippen molar-refractivity contribution in [3.63, 3.8) is 0 Å². The molecule has 0 aromatic carbocycles. The van der Waals surface area contributed by atoms with Crippen LogP contribution in [0, 0.1) is 6.92 Å². The van der Waals surface area contributed by atoms with Gasteiger partial charge in [-0.1, -0.05) is 18.5 Å². The van der Waals surface area contributed by atoms with Gasteiger partial charge in [-0.2, -0.15) is 0 Å². The first-order valence-electron chi connectivity index (χ1n) is 6.08. The van der Waals surface area contributed by atoms with E-state index in [1.165, 1.54) is 0 Å². The third-order valence-corrected chi connectivity index (χ3v) is 3.31. The quantitative estimate of drug-likeness (QED) is 0.760. The minimum atomic E-state index is 0.567. The molecule has 1 aromatic heterocycles. The van der Waals surface area contributed by atoms with E-state index in [0.29, 0.717) is 5.15 Å². The lowest BCUT2D eigenvalue weighted by molar-refractivity contribution is 0.152. The Bertz CT molecular complexity index is 390. The van der Waals surface area contributed by atoms with Gasteiger partial charge in [0.25, 0.3) is 0 Å². The lowest BCUT2D eigenvalue weighted by Crippen LogP contribution is -2.28. The van der Waals surface area contributed by atoms with E-state index in [4.69, 9.17) is 16.3 Å². The first-order valence-corrected chi connectivity index (χ1v) is 6.46. The summed E-state index contributed by atoms with van der Waals surface area (Å²) in [6.07, 6.45) is 1.83. The number of nitrogens with zero attached hydrogens (tertiary/aromatic N) is 3. The Balaban J connectivity index is 2.31. The number of halogens is 1. The molecular formula is C12H18ClN3O. The van der Waals surface area contributed by atoms with Gasteiger partial charge < -0.3 is 9.64 Å². The molecule has 0 amide bonds. The van der Waals surface area contributed by atoms with Gasteiger partial charge in [0.1, 0.15) is 16.8 Å². The number of hydrogen-bond donors (Lipinski definition) is 0. The maximum absolute atomic E-state index is 6.15. The molecule has 1 fully saturated rings. The molecule has 17 heavy (non-hydrogen) atoms. The maximum atomic E-state index is 6.15. The Hall–Kier alpha value is -0.870. The van der Waals surface area contributed by atoms with E-state index >= 15 is 0 Å². The molecule has 0 saturated carbocycles. The van der Waals surface area contributed by atoms with Crippen molar-refractivity contribution in [2.24, 2.45) is 0 Å². The molecule has 0 spiro atoms. The van der Waals surface area contributed by atoms with Gasteiger partial charge in [0.05, 0.1) is 6.61 Å². The highest BCUT2D eigenvalue weighted by atomic mass is 35.5. The molecule has 1 aliphatic heterocycles. The Morgan fingerprint density at radius 2 is 2.12 bits per heavy atom. The van der Waals surface area contributed by atoms with E-state index in [-0.39, 0.29) is 0 Å². The van der Waals surface area contributed by atoms with Gasteiger partial charge in [0.15, 0.2) is 0 Å². The van der Waals surface area contributed by atoms with Gasteiger partial charge in [-0.25, -0.2) is 9.97 Å². The molecule has 0 N–H and O–H groups in total. The fourth-order valence-corrected chi connectivity index (χ4v) is 2.13. The van der Waals surface area contributed by atoms with Gasteiger partial charge in [-0.3, -0.25) is 0 Å². The molecular weight excluding hydrogens is 238 g/mol. The SMILES string of the molecule is CCc1nc(Cl)c(C)c(N2CCCOCC2)n1. The molecule has 4 nitrogen and oxygen atoms in total. The fourth-order valence-electron chi connectivity index (χ4n) is 1.94. The van der Waals surface area contributed by atoms with Crippen LogP contribution in [-0.2, 0) is 11.2 Å². The second-order valence-corrected chi connectivity index (χ2v) is 4.54. The standard InChI is InChI=1S/C12H18ClN3O/c1-3-10-14-11(13)9(2)12(15-10)16-5-4-7-17-8-6-16/h3-8H2,1-2H3. The Kier molecular flexibility index (Phi) is 4.18. The van der Waals surface area contributed by atoms with Crippen molar-refractivity contribution in [3.8, 4) is 0 Å². The summed E-state index contributed by atoms with van der Waals surface area (Å²) in [5, 5.41) is 0.567. The van der Waals surface area contributed by atoms with Crippen molar-refractivity contribution in [1.82, 2.24) is 9.97 Å². The highest BCUT2D eigenvalue weighted by molar-refractivity contribution is 6.30. The second kappa shape index (κ2) is 5.65. The zero-order valence-electron chi connectivity index (χ0n) is 10.4. The van der Waals surface area contributed by atoms with Crippen LogP contribution < -0.4 is 4.90 Å². The van der Waals surface area contributed by atoms with E-state index in [2.05, 4.69) is 14.9 Å². The Morgan fingerprint density at radius 3 is 2.88 bits per heavy atom. The molecule has 5 heteroatoms. The van der Waals surface area contributed by atoms with Gasteiger partial charge in [-0.15, -0.1) is 0 Å². The van der Waals surface area contributed by atoms with Crippen LogP contribution in [0.15, 0.2) is 0 Å². The molecule has 1 aliphatic rings. The molecule has 1 saturated heterocycles. The predicted octanol–water partition coefficient (Wildman–Crippen LogP) is 2.23. The number of ether oxygens (including phenoxy) is 1. The second-order valence-electron chi connectivity index (χ2n) is 4.19. The van der Waals surface area contributed by atoms with E-state index in [1.54, 1.807) is 0 Å². The van der Waals surface area contributed by atoms with Crippen molar-refractivity contribution in [3.05, 3.63) is 16.5 Å². The van der Waals surface area contributed by atoms with Crippen molar-refractivity contribution >= 4 is 17.4 Å². The first-order chi connectivity index (χ1) is 8.22. The summed E-state index contributed by atoms with van der Waals surface area (Å²) in [7, 11) is 0. The smallest absolute Gasteiger partial charge is 0.137 e.